The molecule has 1 atom stereocenters. The van der Waals surface area contributed by atoms with Crippen LogP contribution in [0, 0.1) is 6.92 Å². The number of nitrogens with zero attached hydrogens (tertiary/aromatic N) is 3. The minimum atomic E-state index is -0.466. The van der Waals surface area contributed by atoms with Crippen molar-refractivity contribution in [2.24, 2.45) is 0 Å². The molecule has 0 fully saturated rings. The van der Waals surface area contributed by atoms with Crippen molar-refractivity contribution in [2.45, 2.75) is 37.1 Å². The third-order valence-electron chi connectivity index (χ3n) is 5.70. The SMILES string of the molecule is Cc1ccccc1CSc1nnc(C(C)C(=O)NCCc2ccccc2)n1-c1ccc(Cl)cc1. The Hall–Kier alpha value is -3.09. The normalized spacial score (nSPS) is 11.9. The molecule has 174 valence electrons. The first-order valence-electron chi connectivity index (χ1n) is 11.2. The molecule has 4 aromatic rings. The molecule has 7 heteroatoms. The van der Waals surface area contributed by atoms with Gasteiger partial charge in [-0.2, -0.15) is 0 Å². The fourth-order valence-electron chi connectivity index (χ4n) is 3.65. The van der Waals surface area contributed by atoms with Crippen LogP contribution in [0.5, 0.6) is 0 Å². The van der Waals surface area contributed by atoms with E-state index < -0.39 is 5.92 Å². The maximum Gasteiger partial charge on any atom is 0.230 e. The molecular weight excluding hydrogens is 464 g/mol. The number of hydrogen-bond donors (Lipinski definition) is 1. The summed E-state index contributed by atoms with van der Waals surface area (Å²) in [6, 6.07) is 25.9. The molecule has 0 spiro atoms. The van der Waals surface area contributed by atoms with E-state index in [1.807, 2.05) is 66.1 Å². The number of halogens is 1. The maximum atomic E-state index is 13.0. The molecule has 1 heterocycles. The highest BCUT2D eigenvalue weighted by molar-refractivity contribution is 7.98. The van der Waals surface area contributed by atoms with E-state index in [4.69, 9.17) is 11.6 Å². The Balaban J connectivity index is 1.54. The summed E-state index contributed by atoms with van der Waals surface area (Å²) in [5.74, 6) is 0.823. The lowest BCUT2D eigenvalue weighted by atomic mass is 10.1. The van der Waals surface area contributed by atoms with E-state index in [1.54, 1.807) is 11.8 Å². The standard InChI is InChI=1S/C27H27ClN4OS/c1-19-8-6-7-11-22(19)18-34-27-31-30-25(32(27)24-14-12-23(28)13-15-24)20(2)26(33)29-17-16-21-9-4-3-5-10-21/h3-15,20H,16-18H2,1-2H3,(H,29,33). The lowest BCUT2D eigenvalue weighted by molar-refractivity contribution is -0.122. The van der Waals surface area contributed by atoms with Gasteiger partial charge in [-0.1, -0.05) is 78.0 Å². The summed E-state index contributed by atoms with van der Waals surface area (Å²) >= 11 is 7.73. The van der Waals surface area contributed by atoms with Gasteiger partial charge in [0.15, 0.2) is 11.0 Å². The molecule has 4 rings (SSSR count). The zero-order chi connectivity index (χ0) is 23.9. The smallest absolute Gasteiger partial charge is 0.230 e. The monoisotopic (exact) mass is 490 g/mol. The second-order valence-corrected chi connectivity index (χ2v) is 9.50. The fraction of sp³-hybridized carbons (Fsp3) is 0.222. The third-order valence-corrected chi connectivity index (χ3v) is 6.93. The minimum Gasteiger partial charge on any atom is -0.355 e. The second kappa shape index (κ2) is 11.4. The van der Waals surface area contributed by atoms with Gasteiger partial charge in [-0.3, -0.25) is 9.36 Å². The largest absolute Gasteiger partial charge is 0.355 e. The van der Waals surface area contributed by atoms with E-state index >= 15 is 0 Å². The molecule has 34 heavy (non-hydrogen) atoms. The zero-order valence-electron chi connectivity index (χ0n) is 19.2. The molecule has 0 saturated heterocycles. The van der Waals surface area contributed by atoms with Crippen molar-refractivity contribution in [2.75, 3.05) is 6.54 Å². The number of hydrogen-bond acceptors (Lipinski definition) is 4. The number of amides is 1. The van der Waals surface area contributed by atoms with Crippen LogP contribution >= 0.6 is 23.4 Å². The Bertz CT molecular complexity index is 1240. The summed E-state index contributed by atoms with van der Waals surface area (Å²) < 4.78 is 1.96. The highest BCUT2D eigenvalue weighted by atomic mass is 35.5. The van der Waals surface area contributed by atoms with Crippen molar-refractivity contribution in [1.29, 1.82) is 0 Å². The van der Waals surface area contributed by atoms with E-state index in [0.717, 1.165) is 23.0 Å². The molecule has 0 aliphatic heterocycles. The van der Waals surface area contributed by atoms with Crippen molar-refractivity contribution >= 4 is 29.3 Å². The zero-order valence-corrected chi connectivity index (χ0v) is 20.8. The Morgan fingerprint density at radius 3 is 2.44 bits per heavy atom. The molecule has 0 bridgehead atoms. The summed E-state index contributed by atoms with van der Waals surface area (Å²) in [5, 5.41) is 13.3. The number of carbonyl (C=O) groups is 1. The van der Waals surface area contributed by atoms with Crippen LogP contribution in [-0.4, -0.2) is 27.2 Å². The number of rotatable bonds is 9. The van der Waals surface area contributed by atoms with Gasteiger partial charge in [-0.05, 0) is 61.2 Å². The fourth-order valence-corrected chi connectivity index (χ4v) is 4.81. The summed E-state index contributed by atoms with van der Waals surface area (Å²) in [5.41, 5.74) is 4.54. The number of carbonyl (C=O) groups excluding carboxylic acids is 1. The Morgan fingerprint density at radius 1 is 1.00 bits per heavy atom. The summed E-state index contributed by atoms with van der Waals surface area (Å²) in [4.78, 5) is 13.0. The molecule has 3 aromatic carbocycles. The van der Waals surface area contributed by atoms with Crippen molar-refractivity contribution in [1.82, 2.24) is 20.1 Å². The molecule has 1 N–H and O–H groups in total. The van der Waals surface area contributed by atoms with E-state index in [1.165, 1.54) is 16.7 Å². The molecule has 1 unspecified atom stereocenters. The summed E-state index contributed by atoms with van der Waals surface area (Å²) in [7, 11) is 0. The predicted molar refractivity (Wildman–Crippen MR) is 139 cm³/mol. The number of aromatic nitrogens is 3. The van der Waals surface area contributed by atoms with E-state index in [-0.39, 0.29) is 5.91 Å². The van der Waals surface area contributed by atoms with Gasteiger partial charge >= 0.3 is 0 Å². The lowest BCUT2D eigenvalue weighted by Gasteiger charge is -2.15. The maximum absolute atomic E-state index is 13.0. The average Bonchev–Trinajstić information content (AvgIpc) is 3.28. The van der Waals surface area contributed by atoms with E-state index in [9.17, 15) is 4.79 Å². The van der Waals surface area contributed by atoms with Crippen LogP contribution in [0.2, 0.25) is 5.02 Å². The van der Waals surface area contributed by atoms with Gasteiger partial charge in [0.25, 0.3) is 0 Å². The van der Waals surface area contributed by atoms with Gasteiger partial charge in [-0.25, -0.2) is 0 Å². The van der Waals surface area contributed by atoms with Crippen molar-refractivity contribution in [3.05, 3.63) is 106 Å². The third kappa shape index (κ3) is 5.88. The first kappa shape index (κ1) is 24.0. The van der Waals surface area contributed by atoms with Crippen LogP contribution < -0.4 is 5.32 Å². The molecular formula is C27H27ClN4OS. The van der Waals surface area contributed by atoms with Crippen LogP contribution in [0.25, 0.3) is 5.69 Å². The van der Waals surface area contributed by atoms with Gasteiger partial charge in [-0.15, -0.1) is 10.2 Å². The second-order valence-electron chi connectivity index (χ2n) is 8.12. The van der Waals surface area contributed by atoms with Crippen LogP contribution in [0.3, 0.4) is 0 Å². The Morgan fingerprint density at radius 2 is 1.71 bits per heavy atom. The van der Waals surface area contributed by atoms with Crippen molar-refractivity contribution in [3.63, 3.8) is 0 Å². The number of nitrogens with one attached hydrogen (secondary N) is 1. The van der Waals surface area contributed by atoms with Gasteiger partial charge in [0.2, 0.25) is 5.91 Å². The Labute approximate surface area is 209 Å². The summed E-state index contributed by atoms with van der Waals surface area (Å²) in [6.07, 6.45) is 0.778. The lowest BCUT2D eigenvalue weighted by Crippen LogP contribution is -2.31. The van der Waals surface area contributed by atoms with Gasteiger partial charge in [0.1, 0.15) is 0 Å². The minimum absolute atomic E-state index is 0.0750. The molecule has 1 aromatic heterocycles. The quantitative estimate of drug-likeness (QED) is 0.293. The van der Waals surface area contributed by atoms with Gasteiger partial charge in [0, 0.05) is 23.0 Å². The molecule has 0 aliphatic rings. The van der Waals surface area contributed by atoms with Gasteiger partial charge < -0.3 is 5.32 Å². The van der Waals surface area contributed by atoms with E-state index in [2.05, 4.69) is 46.7 Å². The van der Waals surface area contributed by atoms with Crippen LogP contribution in [0.1, 0.15) is 35.4 Å². The van der Waals surface area contributed by atoms with Crippen molar-refractivity contribution in [3.8, 4) is 5.69 Å². The molecule has 1 amide bonds. The molecule has 0 radical (unpaired) electrons. The highest BCUT2D eigenvalue weighted by Crippen LogP contribution is 2.29. The van der Waals surface area contributed by atoms with Crippen LogP contribution in [-0.2, 0) is 17.0 Å². The topological polar surface area (TPSA) is 59.8 Å². The average molecular weight is 491 g/mol. The van der Waals surface area contributed by atoms with Crippen LogP contribution in [0.4, 0.5) is 0 Å². The van der Waals surface area contributed by atoms with E-state index in [0.29, 0.717) is 17.4 Å². The first-order valence-corrected chi connectivity index (χ1v) is 12.6. The first-order chi connectivity index (χ1) is 16.5. The summed E-state index contributed by atoms with van der Waals surface area (Å²) in [6.45, 7) is 4.54. The number of thioether (sulfide) groups is 1. The van der Waals surface area contributed by atoms with Gasteiger partial charge in [0.05, 0.1) is 5.92 Å². The molecule has 5 nitrogen and oxygen atoms in total. The molecule has 0 saturated carbocycles. The number of aryl methyl sites for hydroxylation is 1. The number of benzene rings is 3. The Kier molecular flexibility index (Phi) is 8.03. The highest BCUT2D eigenvalue weighted by Gasteiger charge is 2.24. The molecule has 0 aliphatic carbocycles. The predicted octanol–water partition coefficient (Wildman–Crippen LogP) is 5.98. The van der Waals surface area contributed by atoms with Crippen LogP contribution in [0.15, 0.2) is 84.0 Å². The van der Waals surface area contributed by atoms with Crippen molar-refractivity contribution < 1.29 is 4.79 Å².